The molecular formula is C7H14N2O. The summed E-state index contributed by atoms with van der Waals surface area (Å²) in [6.07, 6.45) is 0.940. The Bertz CT molecular complexity index is 143. The summed E-state index contributed by atoms with van der Waals surface area (Å²) in [4.78, 5) is 12.5. The number of rotatable bonds is 3. The molecule has 0 atom stereocenters. The summed E-state index contributed by atoms with van der Waals surface area (Å²) in [7, 11) is 1.71. The van der Waals surface area contributed by atoms with Crippen LogP contribution >= 0.6 is 0 Å². The van der Waals surface area contributed by atoms with Crippen molar-refractivity contribution in [3.8, 4) is 0 Å². The third-order valence-electron chi connectivity index (χ3n) is 1.18. The van der Waals surface area contributed by atoms with Crippen LogP contribution in [0, 0.1) is 0 Å². The summed E-state index contributed by atoms with van der Waals surface area (Å²) < 4.78 is 0. The highest BCUT2D eigenvalue weighted by atomic mass is 16.2. The quantitative estimate of drug-likeness (QED) is 0.577. The zero-order valence-electron chi connectivity index (χ0n) is 6.55. The SMILES string of the molecule is C=C(N)C(=O)N(C)CCC. The summed E-state index contributed by atoms with van der Waals surface area (Å²) in [6, 6.07) is 0. The maximum atomic E-state index is 10.9. The number of nitrogens with zero attached hydrogens (tertiary/aromatic N) is 1. The molecule has 0 spiro atoms. The molecule has 3 heteroatoms. The first-order valence-electron chi connectivity index (χ1n) is 3.29. The van der Waals surface area contributed by atoms with Crippen molar-refractivity contribution in [3.05, 3.63) is 12.3 Å². The van der Waals surface area contributed by atoms with Gasteiger partial charge in [0.05, 0.1) is 5.70 Å². The summed E-state index contributed by atoms with van der Waals surface area (Å²) in [5.41, 5.74) is 5.29. The first-order chi connectivity index (χ1) is 4.59. The van der Waals surface area contributed by atoms with Gasteiger partial charge in [-0.05, 0) is 6.42 Å². The Labute approximate surface area is 61.5 Å². The first kappa shape index (κ1) is 9.01. The van der Waals surface area contributed by atoms with Gasteiger partial charge < -0.3 is 10.6 Å². The van der Waals surface area contributed by atoms with Gasteiger partial charge in [0.1, 0.15) is 0 Å². The molecule has 58 valence electrons. The fourth-order valence-corrected chi connectivity index (χ4v) is 0.682. The Kier molecular flexibility index (Phi) is 3.54. The summed E-state index contributed by atoms with van der Waals surface area (Å²) >= 11 is 0. The zero-order valence-corrected chi connectivity index (χ0v) is 6.55. The number of hydrogen-bond donors (Lipinski definition) is 1. The molecule has 0 saturated heterocycles. The summed E-state index contributed by atoms with van der Waals surface area (Å²) in [5, 5.41) is 0. The molecule has 0 bridgehead atoms. The van der Waals surface area contributed by atoms with Crippen molar-refractivity contribution in [3.63, 3.8) is 0 Å². The van der Waals surface area contributed by atoms with Crippen molar-refractivity contribution < 1.29 is 4.79 Å². The van der Waals surface area contributed by atoms with Crippen molar-refractivity contribution >= 4 is 5.91 Å². The molecule has 0 rings (SSSR count). The Morgan fingerprint density at radius 3 is 2.50 bits per heavy atom. The second-order valence-electron chi connectivity index (χ2n) is 2.25. The predicted octanol–water partition coefficient (Wildman–Crippen LogP) is 0.327. The molecule has 1 amide bonds. The molecule has 0 aliphatic heterocycles. The van der Waals surface area contributed by atoms with Crippen LogP contribution in [-0.4, -0.2) is 24.4 Å². The average molecular weight is 142 g/mol. The first-order valence-corrected chi connectivity index (χ1v) is 3.29. The molecule has 3 nitrogen and oxygen atoms in total. The number of carbonyl (C=O) groups is 1. The number of nitrogens with two attached hydrogens (primary N) is 1. The number of carbonyl (C=O) groups excluding carboxylic acids is 1. The van der Waals surface area contributed by atoms with Gasteiger partial charge in [0.25, 0.3) is 5.91 Å². The van der Waals surface area contributed by atoms with E-state index >= 15 is 0 Å². The molecule has 0 aromatic rings. The van der Waals surface area contributed by atoms with Crippen molar-refractivity contribution in [2.45, 2.75) is 13.3 Å². The minimum absolute atomic E-state index is 0.107. The summed E-state index contributed by atoms with van der Waals surface area (Å²) in [5.74, 6) is -0.179. The Morgan fingerprint density at radius 2 is 2.20 bits per heavy atom. The van der Waals surface area contributed by atoms with E-state index in [4.69, 9.17) is 5.73 Å². The topological polar surface area (TPSA) is 46.3 Å². The molecule has 0 unspecified atom stereocenters. The molecule has 2 N–H and O–H groups in total. The van der Waals surface area contributed by atoms with Gasteiger partial charge in [0, 0.05) is 13.6 Å². The van der Waals surface area contributed by atoms with E-state index in [1.165, 1.54) is 0 Å². The van der Waals surface area contributed by atoms with E-state index in [2.05, 4.69) is 6.58 Å². The molecular weight excluding hydrogens is 128 g/mol. The van der Waals surface area contributed by atoms with Gasteiger partial charge in [0.15, 0.2) is 0 Å². The van der Waals surface area contributed by atoms with Crippen LogP contribution in [0.3, 0.4) is 0 Å². The smallest absolute Gasteiger partial charge is 0.268 e. The van der Waals surface area contributed by atoms with Gasteiger partial charge in [-0.1, -0.05) is 13.5 Å². The van der Waals surface area contributed by atoms with Crippen molar-refractivity contribution in [2.24, 2.45) is 5.73 Å². The maximum Gasteiger partial charge on any atom is 0.268 e. The summed E-state index contributed by atoms with van der Waals surface area (Å²) in [6.45, 7) is 6.08. The standard InChI is InChI=1S/C7H14N2O/c1-4-5-9(3)7(10)6(2)8/h2,4-5,8H2,1,3H3. The number of likely N-dealkylation sites (N-methyl/N-ethyl adjacent to an activating group) is 1. The highest BCUT2D eigenvalue weighted by Gasteiger charge is 2.07. The lowest BCUT2D eigenvalue weighted by Gasteiger charge is -2.14. The van der Waals surface area contributed by atoms with Gasteiger partial charge in [-0.3, -0.25) is 4.79 Å². The molecule has 0 fully saturated rings. The maximum absolute atomic E-state index is 10.9. The van der Waals surface area contributed by atoms with Crippen molar-refractivity contribution in [1.82, 2.24) is 4.90 Å². The Hall–Kier alpha value is -0.990. The van der Waals surface area contributed by atoms with Crippen LogP contribution < -0.4 is 5.73 Å². The van der Waals surface area contributed by atoms with E-state index in [1.807, 2.05) is 6.92 Å². The van der Waals surface area contributed by atoms with Crippen molar-refractivity contribution in [1.29, 1.82) is 0 Å². The van der Waals surface area contributed by atoms with E-state index < -0.39 is 0 Å². The van der Waals surface area contributed by atoms with Crippen LogP contribution in [-0.2, 0) is 4.79 Å². The van der Waals surface area contributed by atoms with Gasteiger partial charge in [-0.2, -0.15) is 0 Å². The number of amides is 1. The molecule has 0 heterocycles. The highest BCUT2D eigenvalue weighted by molar-refractivity contribution is 5.91. The second kappa shape index (κ2) is 3.93. The number of hydrogen-bond acceptors (Lipinski definition) is 2. The van der Waals surface area contributed by atoms with Crippen LogP contribution in [0.1, 0.15) is 13.3 Å². The predicted molar refractivity (Wildman–Crippen MR) is 41.3 cm³/mol. The van der Waals surface area contributed by atoms with E-state index in [0.717, 1.165) is 13.0 Å². The highest BCUT2D eigenvalue weighted by Crippen LogP contribution is 1.91. The Balaban J connectivity index is 3.82. The van der Waals surface area contributed by atoms with E-state index in [9.17, 15) is 4.79 Å². The fraction of sp³-hybridized carbons (Fsp3) is 0.571. The van der Waals surface area contributed by atoms with Crippen LogP contribution in [0.25, 0.3) is 0 Å². The normalized spacial score (nSPS) is 9.00. The zero-order chi connectivity index (χ0) is 8.15. The fourth-order valence-electron chi connectivity index (χ4n) is 0.682. The van der Waals surface area contributed by atoms with Gasteiger partial charge >= 0.3 is 0 Å². The third kappa shape index (κ3) is 2.53. The lowest BCUT2D eigenvalue weighted by molar-refractivity contribution is -0.125. The van der Waals surface area contributed by atoms with Crippen LogP contribution in [0.15, 0.2) is 12.3 Å². The van der Waals surface area contributed by atoms with E-state index in [-0.39, 0.29) is 11.6 Å². The molecule has 0 radical (unpaired) electrons. The van der Waals surface area contributed by atoms with Crippen LogP contribution in [0.4, 0.5) is 0 Å². The minimum atomic E-state index is -0.179. The van der Waals surface area contributed by atoms with Crippen LogP contribution in [0.5, 0.6) is 0 Å². The van der Waals surface area contributed by atoms with E-state index in [1.54, 1.807) is 11.9 Å². The molecule has 0 aromatic heterocycles. The Morgan fingerprint density at radius 1 is 1.70 bits per heavy atom. The van der Waals surface area contributed by atoms with Crippen LogP contribution in [0.2, 0.25) is 0 Å². The van der Waals surface area contributed by atoms with Crippen molar-refractivity contribution in [2.75, 3.05) is 13.6 Å². The lowest BCUT2D eigenvalue weighted by Crippen LogP contribution is -2.31. The molecule has 0 saturated carbocycles. The molecule has 0 aliphatic rings. The third-order valence-corrected chi connectivity index (χ3v) is 1.18. The second-order valence-corrected chi connectivity index (χ2v) is 2.25. The largest absolute Gasteiger partial charge is 0.395 e. The molecule has 10 heavy (non-hydrogen) atoms. The average Bonchev–Trinajstić information content (AvgIpc) is 1.87. The molecule has 0 aromatic carbocycles. The lowest BCUT2D eigenvalue weighted by atomic mass is 10.4. The van der Waals surface area contributed by atoms with Gasteiger partial charge in [0.2, 0.25) is 0 Å². The van der Waals surface area contributed by atoms with E-state index in [0.29, 0.717) is 0 Å². The molecule has 0 aliphatic carbocycles. The monoisotopic (exact) mass is 142 g/mol. The van der Waals surface area contributed by atoms with Gasteiger partial charge in [-0.25, -0.2) is 0 Å². The van der Waals surface area contributed by atoms with Gasteiger partial charge in [-0.15, -0.1) is 0 Å². The minimum Gasteiger partial charge on any atom is -0.395 e.